The number of amides is 1. The number of benzene rings is 1. The van der Waals surface area contributed by atoms with Crippen molar-refractivity contribution in [2.45, 2.75) is 0 Å². The van der Waals surface area contributed by atoms with E-state index in [2.05, 4.69) is 4.74 Å². The Morgan fingerprint density at radius 2 is 1.93 bits per heavy atom. The normalized spacial score (nSPS) is 9.43. The van der Waals surface area contributed by atoms with Gasteiger partial charge in [0.25, 0.3) is 5.91 Å². The van der Waals surface area contributed by atoms with Crippen molar-refractivity contribution < 1.29 is 14.3 Å². The summed E-state index contributed by atoms with van der Waals surface area (Å²) >= 11 is 0. The first kappa shape index (κ1) is 10.0. The lowest BCUT2D eigenvalue weighted by molar-refractivity contribution is -0.121. The zero-order chi connectivity index (χ0) is 10.6. The molecule has 0 spiro atoms. The van der Waals surface area contributed by atoms with Crippen LogP contribution in [0.15, 0.2) is 24.3 Å². The van der Waals surface area contributed by atoms with Gasteiger partial charge in [-0.1, -0.05) is 12.1 Å². The summed E-state index contributed by atoms with van der Waals surface area (Å²) in [5.74, 6) is -1.35. The number of ether oxygens (including phenoxy) is 1. The number of primary amides is 1. The van der Waals surface area contributed by atoms with E-state index in [1.807, 2.05) is 0 Å². The first-order valence-electron chi connectivity index (χ1n) is 3.91. The molecule has 1 amide bonds. The molecular weight excluding hydrogens is 184 g/mol. The van der Waals surface area contributed by atoms with Gasteiger partial charge in [0.2, 0.25) is 0 Å². The first-order chi connectivity index (χ1) is 6.61. The van der Waals surface area contributed by atoms with Gasteiger partial charge in [-0.15, -0.1) is 0 Å². The van der Waals surface area contributed by atoms with Crippen LogP contribution in [-0.2, 0) is 9.53 Å². The van der Waals surface area contributed by atoms with Crippen molar-refractivity contribution in [2.75, 3.05) is 12.3 Å². The zero-order valence-electron chi connectivity index (χ0n) is 7.40. The Morgan fingerprint density at radius 1 is 1.29 bits per heavy atom. The SMILES string of the molecule is NC(=O)COC(=O)c1ccccc1N. The van der Waals surface area contributed by atoms with E-state index in [0.717, 1.165) is 0 Å². The molecule has 0 fully saturated rings. The fourth-order valence-electron chi connectivity index (χ4n) is 0.897. The van der Waals surface area contributed by atoms with Crippen LogP contribution in [0, 0.1) is 0 Å². The highest BCUT2D eigenvalue weighted by Gasteiger charge is 2.10. The number of esters is 1. The average Bonchev–Trinajstić information content (AvgIpc) is 2.15. The molecule has 4 N–H and O–H groups in total. The van der Waals surface area contributed by atoms with Gasteiger partial charge in [0.1, 0.15) is 0 Å². The van der Waals surface area contributed by atoms with Gasteiger partial charge in [0.05, 0.1) is 5.56 Å². The number of hydrogen-bond acceptors (Lipinski definition) is 4. The monoisotopic (exact) mass is 194 g/mol. The maximum atomic E-state index is 11.3. The average molecular weight is 194 g/mol. The highest BCUT2D eigenvalue weighted by molar-refractivity contribution is 5.96. The quantitative estimate of drug-likeness (QED) is 0.519. The second-order valence-corrected chi connectivity index (χ2v) is 2.63. The molecule has 0 bridgehead atoms. The van der Waals surface area contributed by atoms with E-state index in [0.29, 0.717) is 5.69 Å². The third-order valence-corrected chi connectivity index (χ3v) is 1.53. The van der Waals surface area contributed by atoms with Crippen molar-refractivity contribution in [2.24, 2.45) is 5.73 Å². The molecule has 0 saturated carbocycles. The largest absolute Gasteiger partial charge is 0.452 e. The smallest absolute Gasteiger partial charge is 0.340 e. The Hall–Kier alpha value is -2.04. The number of para-hydroxylation sites is 1. The van der Waals surface area contributed by atoms with Crippen LogP contribution in [0.1, 0.15) is 10.4 Å². The van der Waals surface area contributed by atoms with Crippen molar-refractivity contribution >= 4 is 17.6 Å². The van der Waals surface area contributed by atoms with Crippen molar-refractivity contribution in [3.63, 3.8) is 0 Å². The van der Waals surface area contributed by atoms with Crippen LogP contribution in [0.5, 0.6) is 0 Å². The Labute approximate surface area is 80.6 Å². The molecule has 0 radical (unpaired) electrons. The molecule has 0 saturated heterocycles. The van der Waals surface area contributed by atoms with Crippen LogP contribution in [-0.4, -0.2) is 18.5 Å². The van der Waals surface area contributed by atoms with Crippen molar-refractivity contribution in [1.82, 2.24) is 0 Å². The molecule has 5 nitrogen and oxygen atoms in total. The molecule has 0 unspecified atom stereocenters. The number of hydrogen-bond donors (Lipinski definition) is 2. The lowest BCUT2D eigenvalue weighted by Gasteiger charge is -2.04. The van der Waals surface area contributed by atoms with E-state index in [9.17, 15) is 9.59 Å². The molecule has 5 heteroatoms. The molecule has 0 aromatic heterocycles. The molecule has 0 aliphatic carbocycles. The molecule has 0 heterocycles. The minimum absolute atomic E-state index is 0.230. The van der Waals surface area contributed by atoms with Crippen LogP contribution in [0.3, 0.4) is 0 Å². The van der Waals surface area contributed by atoms with Gasteiger partial charge in [-0.05, 0) is 12.1 Å². The fourth-order valence-corrected chi connectivity index (χ4v) is 0.897. The molecule has 1 aromatic carbocycles. The highest BCUT2D eigenvalue weighted by Crippen LogP contribution is 2.11. The number of anilines is 1. The van der Waals surface area contributed by atoms with Crippen LogP contribution < -0.4 is 11.5 Å². The van der Waals surface area contributed by atoms with E-state index in [-0.39, 0.29) is 5.56 Å². The van der Waals surface area contributed by atoms with E-state index in [4.69, 9.17) is 11.5 Å². The van der Waals surface area contributed by atoms with E-state index >= 15 is 0 Å². The van der Waals surface area contributed by atoms with Gasteiger partial charge in [-0.25, -0.2) is 4.79 Å². The lowest BCUT2D eigenvalue weighted by Crippen LogP contribution is -2.21. The Balaban J connectivity index is 2.70. The van der Waals surface area contributed by atoms with Gasteiger partial charge in [-0.2, -0.15) is 0 Å². The van der Waals surface area contributed by atoms with Crippen LogP contribution in [0.4, 0.5) is 5.69 Å². The van der Waals surface area contributed by atoms with Crippen LogP contribution in [0.25, 0.3) is 0 Å². The molecule has 0 aliphatic rings. The van der Waals surface area contributed by atoms with Crippen molar-refractivity contribution in [3.05, 3.63) is 29.8 Å². The second kappa shape index (κ2) is 4.27. The van der Waals surface area contributed by atoms with Crippen molar-refractivity contribution in [3.8, 4) is 0 Å². The Morgan fingerprint density at radius 3 is 2.50 bits per heavy atom. The molecule has 0 aliphatic heterocycles. The maximum absolute atomic E-state index is 11.3. The number of rotatable bonds is 3. The second-order valence-electron chi connectivity index (χ2n) is 2.63. The molecule has 1 aromatic rings. The topological polar surface area (TPSA) is 95.4 Å². The predicted molar refractivity (Wildman–Crippen MR) is 50.3 cm³/mol. The standard InChI is InChI=1S/C9H10N2O3/c10-7-4-2-1-3-6(7)9(13)14-5-8(11)12/h1-4H,5,10H2,(H2,11,12). The minimum Gasteiger partial charge on any atom is -0.452 e. The summed E-state index contributed by atoms with van der Waals surface area (Å²) in [5.41, 5.74) is 10.9. The minimum atomic E-state index is -0.701. The van der Waals surface area contributed by atoms with Gasteiger partial charge in [-0.3, -0.25) is 4.79 Å². The highest BCUT2D eigenvalue weighted by atomic mass is 16.5. The first-order valence-corrected chi connectivity index (χ1v) is 3.91. The molecular formula is C9H10N2O3. The van der Waals surface area contributed by atoms with Gasteiger partial charge in [0, 0.05) is 5.69 Å². The Bertz CT molecular complexity index is 363. The molecule has 14 heavy (non-hydrogen) atoms. The number of nitrogens with two attached hydrogens (primary N) is 2. The Kier molecular flexibility index (Phi) is 3.06. The predicted octanol–water partition coefficient (Wildman–Crippen LogP) is -0.0891. The summed E-state index contributed by atoms with van der Waals surface area (Å²) in [4.78, 5) is 21.6. The number of nitrogen functional groups attached to an aromatic ring is 1. The third-order valence-electron chi connectivity index (χ3n) is 1.53. The molecule has 74 valence electrons. The molecule has 0 atom stereocenters. The molecule has 1 rings (SSSR count). The number of carbonyl (C=O) groups excluding carboxylic acids is 2. The summed E-state index contributed by atoms with van der Waals surface area (Å²) in [6, 6.07) is 6.43. The van der Waals surface area contributed by atoms with Gasteiger partial charge >= 0.3 is 5.97 Å². The van der Waals surface area contributed by atoms with Gasteiger partial charge in [0.15, 0.2) is 6.61 Å². The summed E-state index contributed by atoms with van der Waals surface area (Å²) in [6.07, 6.45) is 0. The summed E-state index contributed by atoms with van der Waals surface area (Å²) in [6.45, 7) is -0.437. The van der Waals surface area contributed by atoms with Crippen molar-refractivity contribution in [1.29, 1.82) is 0 Å². The van der Waals surface area contributed by atoms with Crippen LogP contribution >= 0.6 is 0 Å². The van der Waals surface area contributed by atoms with E-state index in [1.165, 1.54) is 6.07 Å². The van der Waals surface area contributed by atoms with Gasteiger partial charge < -0.3 is 16.2 Å². The summed E-state index contributed by atoms with van der Waals surface area (Å²) < 4.78 is 4.58. The maximum Gasteiger partial charge on any atom is 0.340 e. The van der Waals surface area contributed by atoms with E-state index < -0.39 is 18.5 Å². The fraction of sp³-hybridized carbons (Fsp3) is 0.111. The summed E-state index contributed by atoms with van der Waals surface area (Å²) in [5, 5.41) is 0. The zero-order valence-corrected chi connectivity index (χ0v) is 7.40. The third kappa shape index (κ3) is 2.48. The summed E-state index contributed by atoms with van der Waals surface area (Å²) in [7, 11) is 0. The lowest BCUT2D eigenvalue weighted by atomic mass is 10.2. The number of carbonyl (C=O) groups is 2. The van der Waals surface area contributed by atoms with E-state index in [1.54, 1.807) is 18.2 Å². The van der Waals surface area contributed by atoms with Crippen LogP contribution in [0.2, 0.25) is 0 Å².